The number of benzene rings is 2. The molecule has 0 aliphatic rings. The molecule has 7 heteroatoms. The number of hydrogen-bond donors (Lipinski definition) is 2. The van der Waals surface area contributed by atoms with E-state index in [9.17, 15) is 9.59 Å². The van der Waals surface area contributed by atoms with Gasteiger partial charge in [-0.25, -0.2) is 5.43 Å². The number of amides is 2. The number of hydrogen-bond acceptors (Lipinski definition) is 4. The molecule has 0 atom stereocenters. The quantitative estimate of drug-likeness (QED) is 0.468. The zero-order valence-electron chi connectivity index (χ0n) is 13.0. The number of carbonyl (C=O) groups is 2. The minimum Gasteiger partial charge on any atom is -0.494 e. The van der Waals surface area contributed by atoms with Crippen LogP contribution in [0.5, 0.6) is 5.75 Å². The molecule has 2 rings (SSSR count). The van der Waals surface area contributed by atoms with Crippen molar-refractivity contribution in [3.05, 3.63) is 58.6 Å². The maximum Gasteiger partial charge on any atom is 0.329 e. The van der Waals surface area contributed by atoms with E-state index >= 15 is 0 Å². The van der Waals surface area contributed by atoms with Crippen molar-refractivity contribution in [1.29, 1.82) is 0 Å². The molecule has 124 valence electrons. The largest absolute Gasteiger partial charge is 0.494 e. The first kappa shape index (κ1) is 17.7. The van der Waals surface area contributed by atoms with Crippen LogP contribution in [0.3, 0.4) is 0 Å². The van der Waals surface area contributed by atoms with E-state index in [0.29, 0.717) is 18.0 Å². The monoisotopic (exact) mass is 389 g/mol. The maximum atomic E-state index is 11.8. The molecule has 2 aromatic carbocycles. The van der Waals surface area contributed by atoms with Gasteiger partial charge < -0.3 is 10.1 Å². The third-order valence-electron chi connectivity index (χ3n) is 2.90. The van der Waals surface area contributed by atoms with E-state index in [1.165, 1.54) is 6.21 Å². The molecule has 0 aromatic heterocycles. The highest BCUT2D eigenvalue weighted by atomic mass is 79.9. The van der Waals surface area contributed by atoms with Crippen LogP contribution in [0.15, 0.2) is 58.1 Å². The molecule has 6 nitrogen and oxygen atoms in total. The first-order chi connectivity index (χ1) is 11.6. The van der Waals surface area contributed by atoms with Gasteiger partial charge >= 0.3 is 11.8 Å². The zero-order chi connectivity index (χ0) is 17.4. The molecule has 0 fully saturated rings. The van der Waals surface area contributed by atoms with E-state index in [0.717, 1.165) is 10.0 Å². The van der Waals surface area contributed by atoms with Gasteiger partial charge in [0.05, 0.1) is 12.8 Å². The number of carbonyl (C=O) groups excluding carboxylic acids is 2. The van der Waals surface area contributed by atoms with Gasteiger partial charge in [-0.3, -0.25) is 9.59 Å². The Bertz CT molecular complexity index is 745. The van der Waals surface area contributed by atoms with Gasteiger partial charge in [0.1, 0.15) is 5.75 Å². The van der Waals surface area contributed by atoms with Crippen LogP contribution in [-0.4, -0.2) is 24.6 Å². The van der Waals surface area contributed by atoms with Crippen LogP contribution in [0.4, 0.5) is 5.69 Å². The molecular formula is C17H16BrN3O3. The third kappa shape index (κ3) is 5.20. The predicted octanol–water partition coefficient (Wildman–Crippen LogP) is 2.94. The molecule has 0 radical (unpaired) electrons. The summed E-state index contributed by atoms with van der Waals surface area (Å²) in [6, 6.07) is 14.1. The van der Waals surface area contributed by atoms with Crippen molar-refractivity contribution in [2.45, 2.75) is 6.92 Å². The Balaban J connectivity index is 1.88. The highest BCUT2D eigenvalue weighted by Gasteiger charge is 2.12. The van der Waals surface area contributed by atoms with Crippen molar-refractivity contribution < 1.29 is 14.3 Å². The van der Waals surface area contributed by atoms with Gasteiger partial charge in [-0.15, -0.1) is 0 Å². The summed E-state index contributed by atoms with van der Waals surface area (Å²) >= 11 is 3.36. The maximum absolute atomic E-state index is 11.8. The SMILES string of the molecule is CCOc1ccc(NC(=O)C(=O)N/N=C\c2ccccc2Br)cc1. The van der Waals surface area contributed by atoms with Crippen LogP contribution < -0.4 is 15.5 Å². The molecule has 24 heavy (non-hydrogen) atoms. The van der Waals surface area contributed by atoms with Crippen molar-refractivity contribution in [3.8, 4) is 5.75 Å². The molecule has 2 N–H and O–H groups in total. The van der Waals surface area contributed by atoms with Crippen LogP contribution in [0.25, 0.3) is 0 Å². The Morgan fingerprint density at radius 3 is 2.50 bits per heavy atom. The Labute approximate surface area is 148 Å². The summed E-state index contributed by atoms with van der Waals surface area (Å²) in [5.41, 5.74) is 3.46. The lowest BCUT2D eigenvalue weighted by molar-refractivity contribution is -0.136. The summed E-state index contributed by atoms with van der Waals surface area (Å²) in [6.45, 7) is 2.44. The molecule has 0 unspecified atom stereocenters. The number of nitrogens with one attached hydrogen (secondary N) is 2. The first-order valence-electron chi connectivity index (χ1n) is 7.22. The van der Waals surface area contributed by atoms with E-state index in [4.69, 9.17) is 4.74 Å². The lowest BCUT2D eigenvalue weighted by atomic mass is 10.2. The van der Waals surface area contributed by atoms with E-state index in [1.807, 2.05) is 31.2 Å². The summed E-state index contributed by atoms with van der Waals surface area (Å²) in [4.78, 5) is 23.5. The topological polar surface area (TPSA) is 79.8 Å². The standard InChI is InChI=1S/C17H16BrN3O3/c1-2-24-14-9-7-13(8-10-14)20-16(22)17(23)21-19-11-12-5-3-4-6-15(12)18/h3-11H,2H2,1H3,(H,20,22)(H,21,23)/b19-11-. The summed E-state index contributed by atoms with van der Waals surface area (Å²) < 4.78 is 6.14. The van der Waals surface area contributed by atoms with E-state index in [1.54, 1.807) is 24.3 Å². The molecule has 0 heterocycles. The van der Waals surface area contributed by atoms with Crippen molar-refractivity contribution in [3.63, 3.8) is 0 Å². The number of nitrogens with zero attached hydrogens (tertiary/aromatic N) is 1. The fourth-order valence-corrected chi connectivity index (χ4v) is 2.17. The average molecular weight is 390 g/mol. The Morgan fingerprint density at radius 1 is 1.12 bits per heavy atom. The second-order valence-corrected chi connectivity index (χ2v) is 5.49. The molecule has 0 saturated heterocycles. The number of rotatable bonds is 5. The smallest absolute Gasteiger partial charge is 0.329 e. The predicted molar refractivity (Wildman–Crippen MR) is 96.1 cm³/mol. The summed E-state index contributed by atoms with van der Waals surface area (Å²) in [7, 11) is 0. The fraction of sp³-hybridized carbons (Fsp3) is 0.118. The number of anilines is 1. The van der Waals surface area contributed by atoms with E-state index < -0.39 is 11.8 Å². The second kappa shape index (κ2) is 8.83. The number of halogens is 1. The minimum absolute atomic E-state index is 0.494. The highest BCUT2D eigenvalue weighted by Crippen LogP contribution is 2.15. The van der Waals surface area contributed by atoms with Crippen LogP contribution >= 0.6 is 15.9 Å². The zero-order valence-corrected chi connectivity index (χ0v) is 14.5. The fourth-order valence-electron chi connectivity index (χ4n) is 1.78. The third-order valence-corrected chi connectivity index (χ3v) is 3.63. The minimum atomic E-state index is -0.854. The van der Waals surface area contributed by atoms with Gasteiger partial charge in [0.25, 0.3) is 0 Å². The lowest BCUT2D eigenvalue weighted by Gasteiger charge is -2.06. The molecule has 0 aliphatic heterocycles. The van der Waals surface area contributed by atoms with Crippen molar-refractivity contribution in [2.24, 2.45) is 5.10 Å². The molecule has 2 amide bonds. The van der Waals surface area contributed by atoms with Gasteiger partial charge in [0.15, 0.2) is 0 Å². The summed E-state index contributed by atoms with van der Waals surface area (Å²) in [6.07, 6.45) is 1.45. The Morgan fingerprint density at radius 2 is 1.83 bits per heavy atom. The first-order valence-corrected chi connectivity index (χ1v) is 8.01. The van der Waals surface area contributed by atoms with Gasteiger partial charge in [-0.05, 0) is 37.3 Å². The summed E-state index contributed by atoms with van der Waals surface area (Å²) in [5.74, 6) is -0.964. The molecular weight excluding hydrogens is 374 g/mol. The van der Waals surface area contributed by atoms with E-state index in [-0.39, 0.29) is 0 Å². The highest BCUT2D eigenvalue weighted by molar-refractivity contribution is 9.10. The van der Waals surface area contributed by atoms with Crippen molar-refractivity contribution in [2.75, 3.05) is 11.9 Å². The molecule has 0 aliphatic carbocycles. The van der Waals surface area contributed by atoms with Crippen molar-refractivity contribution >= 4 is 39.6 Å². The second-order valence-electron chi connectivity index (χ2n) is 4.63. The molecule has 0 spiro atoms. The summed E-state index contributed by atoms with van der Waals surface area (Å²) in [5, 5.41) is 6.25. The Hall–Kier alpha value is -2.67. The molecule has 2 aromatic rings. The molecule has 0 bridgehead atoms. The van der Waals surface area contributed by atoms with Gasteiger partial charge in [-0.1, -0.05) is 34.1 Å². The Kier molecular flexibility index (Phi) is 6.51. The van der Waals surface area contributed by atoms with Crippen LogP contribution in [0.1, 0.15) is 12.5 Å². The number of ether oxygens (including phenoxy) is 1. The number of hydrazone groups is 1. The molecule has 0 saturated carbocycles. The van der Waals surface area contributed by atoms with E-state index in [2.05, 4.69) is 31.8 Å². The van der Waals surface area contributed by atoms with Crippen LogP contribution in [0.2, 0.25) is 0 Å². The normalized spacial score (nSPS) is 10.4. The van der Waals surface area contributed by atoms with Gasteiger partial charge in [0, 0.05) is 15.7 Å². The lowest BCUT2D eigenvalue weighted by Crippen LogP contribution is -2.32. The average Bonchev–Trinajstić information content (AvgIpc) is 2.58. The van der Waals surface area contributed by atoms with Crippen LogP contribution in [-0.2, 0) is 9.59 Å². The van der Waals surface area contributed by atoms with Gasteiger partial charge in [-0.2, -0.15) is 5.10 Å². The van der Waals surface area contributed by atoms with Crippen LogP contribution in [0, 0.1) is 0 Å². The van der Waals surface area contributed by atoms with Gasteiger partial charge in [0.2, 0.25) is 0 Å². The van der Waals surface area contributed by atoms with Crippen molar-refractivity contribution in [1.82, 2.24) is 5.43 Å².